The van der Waals surface area contributed by atoms with Gasteiger partial charge in [-0.3, -0.25) is 5.32 Å². The van der Waals surface area contributed by atoms with Gasteiger partial charge in [-0.05, 0) is 48.4 Å². The smallest absolute Gasteiger partial charge is 0.134 e. The Balaban J connectivity index is 1.26. The molecule has 1 N–H and O–H groups in total. The molecule has 2 aromatic heterocycles. The van der Waals surface area contributed by atoms with Gasteiger partial charge >= 0.3 is 0 Å². The van der Waals surface area contributed by atoms with Crippen LogP contribution in [0.3, 0.4) is 0 Å². The van der Waals surface area contributed by atoms with Crippen molar-refractivity contribution < 1.29 is 4.74 Å². The van der Waals surface area contributed by atoms with Crippen molar-refractivity contribution in [3.05, 3.63) is 46.6 Å². The molecule has 3 atom stereocenters. The van der Waals surface area contributed by atoms with Crippen LogP contribution in [0.15, 0.2) is 35.6 Å². The van der Waals surface area contributed by atoms with E-state index in [4.69, 9.17) is 4.74 Å². The first kappa shape index (κ1) is 20.2. The van der Waals surface area contributed by atoms with Gasteiger partial charge in [-0.1, -0.05) is 19.1 Å². The Bertz CT molecular complexity index is 1030. The molecule has 1 fully saturated rings. The van der Waals surface area contributed by atoms with Gasteiger partial charge in [0.25, 0.3) is 0 Å². The monoisotopic (exact) mass is 440 g/mol. The zero-order valence-electron chi connectivity index (χ0n) is 17.7. The van der Waals surface area contributed by atoms with Crippen LogP contribution in [0.2, 0.25) is 0 Å². The van der Waals surface area contributed by atoms with E-state index in [0.29, 0.717) is 0 Å². The maximum absolute atomic E-state index is 6.30. The molecule has 5 rings (SSSR count). The first-order valence-corrected chi connectivity index (χ1v) is 12.4. The van der Waals surface area contributed by atoms with Crippen LogP contribution in [0.25, 0.3) is 10.2 Å². The summed E-state index contributed by atoms with van der Waals surface area (Å²) in [6.45, 7) is 3.21. The van der Waals surface area contributed by atoms with Crippen LogP contribution in [-0.2, 0) is 17.6 Å². The van der Waals surface area contributed by atoms with Crippen molar-refractivity contribution in [2.24, 2.45) is 5.92 Å². The largest absolute Gasteiger partial charge is 0.378 e. The van der Waals surface area contributed by atoms with Gasteiger partial charge < -0.3 is 9.64 Å². The molecular weight excluding hydrogens is 412 g/mol. The minimum absolute atomic E-state index is 0.0346. The summed E-state index contributed by atoms with van der Waals surface area (Å²) in [5.74, 6) is 1.67. The van der Waals surface area contributed by atoms with Crippen LogP contribution < -0.4 is 10.2 Å². The molecule has 0 radical (unpaired) electrons. The number of benzene rings is 1. The van der Waals surface area contributed by atoms with Crippen molar-refractivity contribution in [2.75, 3.05) is 31.3 Å². The fraction of sp³-hybridized carbons (Fsp3) is 0.478. The van der Waals surface area contributed by atoms with Crippen molar-refractivity contribution >= 4 is 39.0 Å². The molecule has 158 valence electrons. The van der Waals surface area contributed by atoms with Crippen molar-refractivity contribution in [3.8, 4) is 0 Å². The first-order chi connectivity index (χ1) is 14.6. The third kappa shape index (κ3) is 3.96. The Morgan fingerprint density at radius 1 is 1.23 bits per heavy atom. The van der Waals surface area contributed by atoms with E-state index in [9.17, 15) is 0 Å². The summed E-state index contributed by atoms with van der Waals surface area (Å²) >= 11 is 3.68. The second-order valence-electron chi connectivity index (χ2n) is 8.55. The fourth-order valence-corrected chi connectivity index (χ4v) is 6.74. The van der Waals surface area contributed by atoms with E-state index >= 15 is 0 Å². The summed E-state index contributed by atoms with van der Waals surface area (Å²) in [6.07, 6.45) is 5.47. The number of rotatable bonds is 5. The molecule has 1 aromatic carbocycles. The fourth-order valence-electron chi connectivity index (χ4n) is 4.30. The predicted molar refractivity (Wildman–Crippen MR) is 126 cm³/mol. The highest BCUT2D eigenvalue weighted by Crippen LogP contribution is 2.41. The first-order valence-electron chi connectivity index (χ1n) is 10.6. The molecule has 3 aromatic rings. The summed E-state index contributed by atoms with van der Waals surface area (Å²) in [4.78, 5) is 14.0. The Labute approximate surface area is 186 Å². The maximum Gasteiger partial charge on any atom is 0.134 e. The number of thioether (sulfide) groups is 1. The number of nitrogens with zero attached hydrogens (tertiary/aromatic N) is 3. The molecule has 0 amide bonds. The maximum atomic E-state index is 6.30. The Kier molecular flexibility index (Phi) is 5.71. The van der Waals surface area contributed by atoms with Crippen LogP contribution in [0.5, 0.6) is 0 Å². The average molecular weight is 441 g/mol. The summed E-state index contributed by atoms with van der Waals surface area (Å²) in [5.41, 5.74) is 3.88. The molecule has 0 bridgehead atoms. The lowest BCUT2D eigenvalue weighted by molar-refractivity contribution is 0.0535. The van der Waals surface area contributed by atoms with E-state index in [1.165, 1.54) is 39.9 Å². The van der Waals surface area contributed by atoms with Gasteiger partial charge in [0.1, 0.15) is 22.4 Å². The standard InChI is InChI=1S/C23H28N4OS2/c1-14-4-9-18-19(10-14)30-23-20(18)22(25-13-26-23)29-12-17-11-24-21(28-17)15-5-7-16(8-6-15)27(2)3/h5-8,13-14,17,21,24H,4,9-12H2,1-3H3/t14-,17+,21-/m1/s1. The highest BCUT2D eigenvalue weighted by atomic mass is 32.2. The normalized spacial score (nSPS) is 23.6. The molecule has 2 aliphatic rings. The predicted octanol–water partition coefficient (Wildman–Crippen LogP) is 4.66. The lowest BCUT2D eigenvalue weighted by Crippen LogP contribution is -2.17. The molecule has 1 aliphatic carbocycles. The second-order valence-corrected chi connectivity index (χ2v) is 10.6. The zero-order chi connectivity index (χ0) is 20.7. The summed E-state index contributed by atoms with van der Waals surface area (Å²) < 4.78 is 6.30. The van der Waals surface area contributed by atoms with Crippen LogP contribution >= 0.6 is 23.1 Å². The number of ether oxygens (including phenoxy) is 1. The Hall–Kier alpha value is -1.67. The van der Waals surface area contributed by atoms with E-state index < -0.39 is 0 Å². The number of aryl methyl sites for hydroxylation is 1. The third-order valence-electron chi connectivity index (χ3n) is 6.03. The van der Waals surface area contributed by atoms with Gasteiger partial charge in [0.15, 0.2) is 0 Å². The molecule has 5 nitrogen and oxygen atoms in total. The number of fused-ring (bicyclic) bond motifs is 3. The Morgan fingerprint density at radius 3 is 2.87 bits per heavy atom. The van der Waals surface area contributed by atoms with Crippen molar-refractivity contribution in [1.82, 2.24) is 15.3 Å². The van der Waals surface area contributed by atoms with Gasteiger partial charge in [0.05, 0.1) is 6.10 Å². The van der Waals surface area contributed by atoms with E-state index in [1.54, 1.807) is 6.33 Å². The minimum Gasteiger partial charge on any atom is -0.378 e. The van der Waals surface area contributed by atoms with E-state index in [2.05, 4.69) is 65.5 Å². The zero-order valence-corrected chi connectivity index (χ0v) is 19.4. The molecule has 1 saturated heterocycles. The van der Waals surface area contributed by atoms with Crippen LogP contribution in [0.1, 0.15) is 35.6 Å². The number of hydrogen-bond acceptors (Lipinski definition) is 7. The van der Waals surface area contributed by atoms with Crippen molar-refractivity contribution in [1.29, 1.82) is 0 Å². The van der Waals surface area contributed by atoms with Gasteiger partial charge in [-0.25, -0.2) is 9.97 Å². The van der Waals surface area contributed by atoms with Crippen LogP contribution in [0, 0.1) is 5.92 Å². The van der Waals surface area contributed by atoms with E-state index in [0.717, 1.165) is 34.5 Å². The molecule has 0 unspecified atom stereocenters. The molecular formula is C23H28N4OS2. The summed E-state index contributed by atoms with van der Waals surface area (Å²) in [6, 6.07) is 8.57. The molecule has 7 heteroatoms. The van der Waals surface area contributed by atoms with E-state index in [-0.39, 0.29) is 12.3 Å². The minimum atomic E-state index is -0.0346. The van der Waals surface area contributed by atoms with Crippen molar-refractivity contribution in [3.63, 3.8) is 0 Å². The van der Waals surface area contributed by atoms with Gasteiger partial charge in [0.2, 0.25) is 0 Å². The van der Waals surface area contributed by atoms with Gasteiger partial charge in [0, 0.05) is 42.3 Å². The highest BCUT2D eigenvalue weighted by molar-refractivity contribution is 7.99. The van der Waals surface area contributed by atoms with Crippen molar-refractivity contribution in [2.45, 2.75) is 43.5 Å². The summed E-state index contributed by atoms with van der Waals surface area (Å²) in [5, 5.41) is 5.94. The van der Waals surface area contributed by atoms with Crippen LogP contribution in [-0.4, -0.2) is 42.5 Å². The summed E-state index contributed by atoms with van der Waals surface area (Å²) in [7, 11) is 4.11. The number of aromatic nitrogens is 2. The second kappa shape index (κ2) is 8.46. The lowest BCUT2D eigenvalue weighted by Gasteiger charge is -2.18. The topological polar surface area (TPSA) is 50.3 Å². The van der Waals surface area contributed by atoms with E-state index in [1.807, 2.05) is 23.1 Å². The highest BCUT2D eigenvalue weighted by Gasteiger charge is 2.27. The van der Waals surface area contributed by atoms with Crippen LogP contribution in [0.4, 0.5) is 5.69 Å². The Morgan fingerprint density at radius 2 is 2.07 bits per heavy atom. The number of anilines is 1. The lowest BCUT2D eigenvalue weighted by atomic mass is 9.89. The molecule has 0 saturated carbocycles. The SMILES string of the molecule is C[C@@H]1CCc2c(sc3ncnc(SC[C@@H]4CN[C@@H](c5ccc(N(C)C)cc5)O4)c23)C1. The molecule has 3 heterocycles. The molecule has 30 heavy (non-hydrogen) atoms. The number of nitrogens with one attached hydrogen (secondary N) is 1. The van der Waals surface area contributed by atoms with Gasteiger partial charge in [-0.2, -0.15) is 0 Å². The molecule has 0 spiro atoms. The van der Waals surface area contributed by atoms with Gasteiger partial charge in [-0.15, -0.1) is 23.1 Å². The quantitative estimate of drug-likeness (QED) is 0.460. The molecule has 1 aliphatic heterocycles. The number of thiophene rings is 1. The third-order valence-corrected chi connectivity index (χ3v) is 8.32. The number of hydrogen-bond donors (Lipinski definition) is 1. The average Bonchev–Trinajstić information content (AvgIpc) is 3.36.